The van der Waals surface area contributed by atoms with Gasteiger partial charge in [-0.05, 0) is 28.9 Å². The number of hydrogen-bond donors (Lipinski definition) is 1. The highest BCUT2D eigenvalue weighted by Crippen LogP contribution is 2.32. The largest absolute Gasteiger partial charge is 0.437 e. The summed E-state index contributed by atoms with van der Waals surface area (Å²) in [4.78, 5) is 7.92. The van der Waals surface area contributed by atoms with Crippen molar-refractivity contribution in [2.75, 3.05) is 5.73 Å². The standard InChI is InChI=1S/C13H12BrN3O/c1-2-5-9-6-3-4-7-10(9)18-13-11(14)12(15)16-8-17-13/h2-8H,1H3,(H2,15,16,17)/b5-2+. The highest BCUT2D eigenvalue weighted by atomic mass is 79.9. The number of halogens is 1. The fourth-order valence-electron chi connectivity index (χ4n) is 1.43. The molecule has 0 amide bonds. The van der Waals surface area contributed by atoms with Gasteiger partial charge in [0.1, 0.15) is 22.4 Å². The van der Waals surface area contributed by atoms with Crippen LogP contribution in [0.25, 0.3) is 6.08 Å². The third-order valence-corrected chi connectivity index (χ3v) is 3.00. The molecule has 0 aliphatic rings. The average Bonchev–Trinajstić information content (AvgIpc) is 2.37. The van der Waals surface area contributed by atoms with Gasteiger partial charge in [-0.2, -0.15) is 0 Å². The maximum atomic E-state index is 5.74. The summed E-state index contributed by atoms with van der Waals surface area (Å²) < 4.78 is 6.30. The van der Waals surface area contributed by atoms with Crippen molar-refractivity contribution in [1.82, 2.24) is 9.97 Å². The summed E-state index contributed by atoms with van der Waals surface area (Å²) in [6, 6.07) is 7.69. The van der Waals surface area contributed by atoms with Crippen molar-refractivity contribution in [3.05, 3.63) is 46.7 Å². The van der Waals surface area contributed by atoms with Crippen LogP contribution in [0.3, 0.4) is 0 Å². The van der Waals surface area contributed by atoms with Crippen LogP contribution in [-0.4, -0.2) is 9.97 Å². The molecule has 5 heteroatoms. The highest BCUT2D eigenvalue weighted by Gasteiger charge is 2.09. The van der Waals surface area contributed by atoms with E-state index < -0.39 is 0 Å². The molecule has 92 valence electrons. The minimum absolute atomic E-state index is 0.350. The van der Waals surface area contributed by atoms with Crippen molar-refractivity contribution < 1.29 is 4.74 Å². The number of allylic oxidation sites excluding steroid dienone is 1. The minimum Gasteiger partial charge on any atom is -0.437 e. The lowest BCUT2D eigenvalue weighted by atomic mass is 10.2. The summed E-state index contributed by atoms with van der Waals surface area (Å²) >= 11 is 3.31. The molecule has 0 saturated heterocycles. The van der Waals surface area contributed by atoms with Crippen LogP contribution in [0.2, 0.25) is 0 Å². The molecule has 1 aromatic carbocycles. The van der Waals surface area contributed by atoms with E-state index in [9.17, 15) is 0 Å². The second-order valence-electron chi connectivity index (χ2n) is 3.52. The van der Waals surface area contributed by atoms with Crippen LogP contribution in [0.4, 0.5) is 5.82 Å². The van der Waals surface area contributed by atoms with E-state index in [0.717, 1.165) is 11.3 Å². The first-order valence-corrected chi connectivity index (χ1v) is 6.17. The van der Waals surface area contributed by atoms with Crippen LogP contribution in [0.1, 0.15) is 12.5 Å². The Hall–Kier alpha value is -1.88. The summed E-state index contributed by atoms with van der Waals surface area (Å²) in [6.07, 6.45) is 5.28. The summed E-state index contributed by atoms with van der Waals surface area (Å²) in [5.74, 6) is 1.47. The van der Waals surface area contributed by atoms with E-state index in [1.807, 2.05) is 43.3 Å². The fraction of sp³-hybridized carbons (Fsp3) is 0.0769. The van der Waals surface area contributed by atoms with Gasteiger partial charge in [0.2, 0.25) is 5.88 Å². The van der Waals surface area contributed by atoms with E-state index in [-0.39, 0.29) is 0 Å². The smallest absolute Gasteiger partial charge is 0.238 e. The molecule has 1 aromatic heterocycles. The second kappa shape index (κ2) is 5.64. The Morgan fingerprint density at radius 1 is 1.28 bits per heavy atom. The Kier molecular flexibility index (Phi) is 3.94. The van der Waals surface area contributed by atoms with Gasteiger partial charge >= 0.3 is 0 Å². The van der Waals surface area contributed by atoms with E-state index in [2.05, 4.69) is 25.9 Å². The monoisotopic (exact) mass is 305 g/mol. The van der Waals surface area contributed by atoms with Crippen molar-refractivity contribution in [2.45, 2.75) is 6.92 Å². The number of nitrogen functional groups attached to an aromatic ring is 1. The number of nitrogens with zero attached hydrogens (tertiary/aromatic N) is 2. The lowest BCUT2D eigenvalue weighted by molar-refractivity contribution is 0.457. The molecular weight excluding hydrogens is 294 g/mol. The molecule has 18 heavy (non-hydrogen) atoms. The Bertz CT molecular complexity index is 584. The first kappa shape index (κ1) is 12.6. The molecule has 0 spiro atoms. The van der Waals surface area contributed by atoms with Crippen LogP contribution in [0.15, 0.2) is 41.1 Å². The van der Waals surface area contributed by atoms with E-state index in [4.69, 9.17) is 10.5 Å². The van der Waals surface area contributed by atoms with Crippen molar-refractivity contribution in [1.29, 1.82) is 0 Å². The zero-order chi connectivity index (χ0) is 13.0. The van der Waals surface area contributed by atoms with E-state index in [1.165, 1.54) is 6.33 Å². The fourth-order valence-corrected chi connectivity index (χ4v) is 1.72. The van der Waals surface area contributed by atoms with Gasteiger partial charge in [0.15, 0.2) is 0 Å². The molecule has 4 nitrogen and oxygen atoms in total. The predicted octanol–water partition coefficient (Wildman–Crippen LogP) is 3.65. The number of anilines is 1. The first-order valence-electron chi connectivity index (χ1n) is 5.38. The number of benzene rings is 1. The van der Waals surface area contributed by atoms with Gasteiger partial charge in [-0.15, -0.1) is 0 Å². The van der Waals surface area contributed by atoms with Crippen molar-refractivity contribution >= 4 is 27.8 Å². The molecule has 1 heterocycles. The van der Waals surface area contributed by atoms with Crippen LogP contribution < -0.4 is 10.5 Å². The molecule has 2 aromatic rings. The molecule has 0 aliphatic heterocycles. The molecule has 0 unspecified atom stereocenters. The molecule has 0 radical (unpaired) electrons. The topological polar surface area (TPSA) is 61.0 Å². The lowest BCUT2D eigenvalue weighted by Crippen LogP contribution is -1.97. The van der Waals surface area contributed by atoms with Crippen molar-refractivity contribution in [3.63, 3.8) is 0 Å². The van der Waals surface area contributed by atoms with Gasteiger partial charge in [-0.3, -0.25) is 0 Å². The zero-order valence-electron chi connectivity index (χ0n) is 9.80. The van der Waals surface area contributed by atoms with Crippen LogP contribution in [-0.2, 0) is 0 Å². The first-order chi connectivity index (χ1) is 8.72. The number of nitrogens with two attached hydrogens (primary N) is 1. The molecule has 0 fully saturated rings. The van der Waals surface area contributed by atoms with E-state index >= 15 is 0 Å². The third-order valence-electron chi connectivity index (χ3n) is 2.26. The lowest BCUT2D eigenvalue weighted by Gasteiger charge is -2.09. The molecule has 0 bridgehead atoms. The number of hydrogen-bond acceptors (Lipinski definition) is 4. The number of para-hydroxylation sites is 1. The molecule has 0 atom stereocenters. The van der Waals surface area contributed by atoms with Crippen molar-refractivity contribution in [3.8, 4) is 11.6 Å². The summed E-state index contributed by atoms with van der Waals surface area (Å²) in [5, 5.41) is 0. The number of aromatic nitrogens is 2. The highest BCUT2D eigenvalue weighted by molar-refractivity contribution is 9.10. The van der Waals surface area contributed by atoms with Gasteiger partial charge in [0.25, 0.3) is 0 Å². The molecule has 2 N–H and O–H groups in total. The molecular formula is C13H12BrN3O. The van der Waals surface area contributed by atoms with Gasteiger partial charge in [0.05, 0.1) is 0 Å². The normalized spacial score (nSPS) is 10.8. The van der Waals surface area contributed by atoms with Crippen LogP contribution in [0.5, 0.6) is 11.6 Å². The molecule has 2 rings (SSSR count). The SMILES string of the molecule is C/C=C/c1ccccc1Oc1ncnc(N)c1Br. The maximum Gasteiger partial charge on any atom is 0.238 e. The molecule has 0 aliphatic carbocycles. The van der Waals surface area contributed by atoms with Crippen LogP contribution in [0, 0.1) is 0 Å². The van der Waals surface area contributed by atoms with E-state index in [0.29, 0.717) is 16.2 Å². The summed E-state index contributed by atoms with van der Waals surface area (Å²) in [7, 11) is 0. The molecule has 0 saturated carbocycles. The number of ether oxygens (including phenoxy) is 1. The van der Waals surface area contributed by atoms with Gasteiger partial charge < -0.3 is 10.5 Å². The van der Waals surface area contributed by atoms with E-state index in [1.54, 1.807) is 0 Å². The maximum absolute atomic E-state index is 5.74. The zero-order valence-corrected chi connectivity index (χ0v) is 11.4. The summed E-state index contributed by atoms with van der Waals surface area (Å²) in [6.45, 7) is 1.95. The third kappa shape index (κ3) is 2.68. The van der Waals surface area contributed by atoms with Crippen molar-refractivity contribution in [2.24, 2.45) is 0 Å². The Morgan fingerprint density at radius 2 is 2.06 bits per heavy atom. The Morgan fingerprint density at radius 3 is 2.83 bits per heavy atom. The Balaban J connectivity index is 2.37. The second-order valence-corrected chi connectivity index (χ2v) is 4.31. The van der Waals surface area contributed by atoms with Crippen LogP contribution >= 0.6 is 15.9 Å². The van der Waals surface area contributed by atoms with Gasteiger partial charge in [-0.25, -0.2) is 9.97 Å². The summed E-state index contributed by atoms with van der Waals surface area (Å²) in [5.41, 5.74) is 6.66. The number of rotatable bonds is 3. The predicted molar refractivity (Wildman–Crippen MR) is 75.4 cm³/mol. The van der Waals surface area contributed by atoms with Gasteiger partial charge in [0, 0.05) is 5.56 Å². The minimum atomic E-state index is 0.350. The average molecular weight is 306 g/mol. The quantitative estimate of drug-likeness (QED) is 0.940. The Labute approximate surface area is 114 Å². The van der Waals surface area contributed by atoms with Gasteiger partial charge in [-0.1, -0.05) is 30.4 Å².